The Balaban J connectivity index is 1.54. The van der Waals surface area contributed by atoms with E-state index in [1.807, 2.05) is 10.9 Å². The van der Waals surface area contributed by atoms with Gasteiger partial charge in [-0.3, -0.25) is 9.67 Å². The highest BCUT2D eigenvalue weighted by atomic mass is 16.5. The lowest BCUT2D eigenvalue weighted by molar-refractivity contribution is 0.160. The Labute approximate surface area is 175 Å². The maximum atomic E-state index is 6.09. The molecule has 0 bridgehead atoms. The number of benzene rings is 1. The quantitative estimate of drug-likeness (QED) is 0.546. The third-order valence-corrected chi connectivity index (χ3v) is 5.53. The van der Waals surface area contributed by atoms with Gasteiger partial charge in [-0.1, -0.05) is 18.2 Å². The van der Waals surface area contributed by atoms with Gasteiger partial charge in [0.15, 0.2) is 0 Å². The van der Waals surface area contributed by atoms with E-state index in [4.69, 9.17) is 9.72 Å². The first kappa shape index (κ1) is 18.8. The molecule has 3 aromatic heterocycles. The number of aromatic nitrogens is 5. The van der Waals surface area contributed by atoms with Crippen LogP contribution < -0.4 is 10.1 Å². The molecule has 0 spiro atoms. The zero-order valence-corrected chi connectivity index (χ0v) is 17.3. The molecular weight excluding hydrogens is 376 g/mol. The van der Waals surface area contributed by atoms with Crippen molar-refractivity contribution in [2.45, 2.75) is 38.8 Å². The molecule has 154 valence electrons. The van der Waals surface area contributed by atoms with Crippen LogP contribution in [0.25, 0.3) is 27.8 Å². The van der Waals surface area contributed by atoms with Crippen LogP contribution in [0.5, 0.6) is 5.88 Å². The summed E-state index contributed by atoms with van der Waals surface area (Å²) in [5.41, 5.74) is 3.98. The largest absolute Gasteiger partial charge is 0.472 e. The second kappa shape index (κ2) is 7.91. The van der Waals surface area contributed by atoms with Gasteiger partial charge < -0.3 is 14.6 Å². The number of ether oxygens (including phenoxy) is 1. The van der Waals surface area contributed by atoms with Crippen LogP contribution in [-0.2, 0) is 0 Å². The molecule has 7 nitrogen and oxygen atoms in total. The Kier molecular flexibility index (Phi) is 4.96. The lowest BCUT2D eigenvalue weighted by Gasteiger charge is -2.23. The van der Waals surface area contributed by atoms with E-state index in [1.165, 1.54) is 0 Å². The molecular formula is C23H26N6O. The van der Waals surface area contributed by atoms with Crippen molar-refractivity contribution in [3.8, 4) is 22.8 Å². The van der Waals surface area contributed by atoms with Gasteiger partial charge in [0.25, 0.3) is 0 Å². The monoisotopic (exact) mass is 402 g/mol. The first-order chi connectivity index (χ1) is 14.7. The third kappa shape index (κ3) is 3.57. The van der Waals surface area contributed by atoms with Crippen LogP contribution in [0.2, 0.25) is 0 Å². The van der Waals surface area contributed by atoms with E-state index < -0.39 is 0 Å². The molecule has 7 heteroatoms. The van der Waals surface area contributed by atoms with Crippen LogP contribution in [0, 0.1) is 0 Å². The maximum absolute atomic E-state index is 6.09. The van der Waals surface area contributed by atoms with Gasteiger partial charge >= 0.3 is 0 Å². The van der Waals surface area contributed by atoms with Gasteiger partial charge in [0.2, 0.25) is 5.88 Å². The number of fused-ring (bicyclic) bond motifs is 1. The van der Waals surface area contributed by atoms with Crippen LogP contribution in [0.1, 0.15) is 32.7 Å². The topological polar surface area (TPSA) is 69.8 Å². The molecule has 1 atom stereocenters. The molecule has 1 fully saturated rings. The molecule has 1 aliphatic heterocycles. The SMILES string of the molecule is CC(C)n1cc(-n2cc(-c3cncc(O[C@@H]4CCCNC4)n3)c3ccccc32)cn1. The van der Waals surface area contributed by atoms with Gasteiger partial charge in [-0.25, -0.2) is 4.98 Å². The fraction of sp³-hybridized carbons (Fsp3) is 0.348. The molecule has 1 saturated heterocycles. The molecule has 30 heavy (non-hydrogen) atoms. The summed E-state index contributed by atoms with van der Waals surface area (Å²) < 4.78 is 10.2. The summed E-state index contributed by atoms with van der Waals surface area (Å²) in [6.45, 7) is 6.15. The minimum atomic E-state index is 0.145. The molecule has 1 aliphatic rings. The summed E-state index contributed by atoms with van der Waals surface area (Å²) in [6.07, 6.45) is 11.9. The van der Waals surface area contributed by atoms with Gasteiger partial charge in [0.1, 0.15) is 6.10 Å². The molecule has 0 radical (unpaired) electrons. The standard InChI is InChI=1S/C23H26N6O/c1-16(2)29-14-17(10-26-29)28-15-20(19-7-3-4-8-22(19)28)21-12-25-13-23(27-21)30-18-6-5-9-24-11-18/h3-4,7-8,10,12-16,18,24H,5-6,9,11H2,1-2H3/t18-/m1/s1. The predicted octanol–water partition coefficient (Wildman–Crippen LogP) is 4.00. The van der Waals surface area contributed by atoms with Crippen molar-refractivity contribution in [1.82, 2.24) is 29.6 Å². The minimum Gasteiger partial charge on any atom is -0.472 e. The molecule has 0 amide bonds. The smallest absolute Gasteiger partial charge is 0.233 e. The Morgan fingerprint density at radius 2 is 2.03 bits per heavy atom. The fourth-order valence-electron chi connectivity index (χ4n) is 3.96. The normalized spacial score (nSPS) is 17.0. The minimum absolute atomic E-state index is 0.145. The highest BCUT2D eigenvalue weighted by molar-refractivity contribution is 5.96. The van der Waals surface area contributed by atoms with E-state index in [1.54, 1.807) is 12.4 Å². The van der Waals surface area contributed by atoms with E-state index in [-0.39, 0.29) is 6.10 Å². The number of para-hydroxylation sites is 1. The molecule has 4 heterocycles. The number of nitrogens with one attached hydrogen (secondary N) is 1. The van der Waals surface area contributed by atoms with Crippen LogP contribution in [0.3, 0.4) is 0 Å². The zero-order valence-electron chi connectivity index (χ0n) is 17.3. The fourth-order valence-corrected chi connectivity index (χ4v) is 3.96. The molecule has 0 unspecified atom stereocenters. The number of rotatable bonds is 5. The third-order valence-electron chi connectivity index (χ3n) is 5.53. The van der Waals surface area contributed by atoms with Crippen molar-refractivity contribution in [2.75, 3.05) is 13.1 Å². The number of hydrogen-bond donors (Lipinski definition) is 1. The molecule has 1 N–H and O–H groups in total. The highest BCUT2D eigenvalue weighted by Crippen LogP contribution is 2.32. The van der Waals surface area contributed by atoms with Gasteiger partial charge in [-0.05, 0) is 39.3 Å². The van der Waals surface area contributed by atoms with E-state index in [0.717, 1.165) is 53.8 Å². The summed E-state index contributed by atoms with van der Waals surface area (Å²) in [5, 5.41) is 9.00. The summed E-state index contributed by atoms with van der Waals surface area (Å²) in [4.78, 5) is 9.19. The van der Waals surface area contributed by atoms with Crippen LogP contribution in [-0.4, -0.2) is 43.5 Å². The summed E-state index contributed by atoms with van der Waals surface area (Å²) >= 11 is 0. The molecule has 1 aromatic carbocycles. The Morgan fingerprint density at radius 3 is 2.83 bits per heavy atom. The first-order valence-electron chi connectivity index (χ1n) is 10.5. The second-order valence-corrected chi connectivity index (χ2v) is 8.03. The lowest BCUT2D eigenvalue weighted by Crippen LogP contribution is -2.37. The van der Waals surface area contributed by atoms with Gasteiger partial charge in [0.05, 0.1) is 35.5 Å². The van der Waals surface area contributed by atoms with Crippen molar-refractivity contribution in [2.24, 2.45) is 0 Å². The average Bonchev–Trinajstić information content (AvgIpc) is 3.40. The molecule has 5 rings (SSSR count). The highest BCUT2D eigenvalue weighted by Gasteiger charge is 2.17. The van der Waals surface area contributed by atoms with E-state index in [9.17, 15) is 0 Å². The Hall–Kier alpha value is -3.19. The Bertz CT molecular complexity index is 1160. The number of nitrogens with zero attached hydrogens (tertiary/aromatic N) is 5. The molecule has 0 aliphatic carbocycles. The lowest BCUT2D eigenvalue weighted by atomic mass is 10.1. The number of piperidine rings is 1. The maximum Gasteiger partial charge on any atom is 0.233 e. The second-order valence-electron chi connectivity index (χ2n) is 8.03. The Morgan fingerprint density at radius 1 is 1.13 bits per heavy atom. The van der Waals surface area contributed by atoms with E-state index in [2.05, 4.69) is 70.5 Å². The summed E-state index contributed by atoms with van der Waals surface area (Å²) in [5.74, 6) is 0.575. The van der Waals surface area contributed by atoms with Gasteiger partial charge in [0, 0.05) is 35.9 Å². The van der Waals surface area contributed by atoms with Crippen molar-refractivity contribution in [1.29, 1.82) is 0 Å². The van der Waals surface area contributed by atoms with Crippen LogP contribution in [0.15, 0.2) is 55.2 Å². The number of hydrogen-bond acceptors (Lipinski definition) is 5. The predicted molar refractivity (Wildman–Crippen MR) is 117 cm³/mol. The van der Waals surface area contributed by atoms with E-state index >= 15 is 0 Å². The van der Waals surface area contributed by atoms with Crippen molar-refractivity contribution < 1.29 is 4.74 Å². The summed E-state index contributed by atoms with van der Waals surface area (Å²) in [6, 6.07) is 8.65. The summed E-state index contributed by atoms with van der Waals surface area (Å²) in [7, 11) is 0. The van der Waals surface area contributed by atoms with Gasteiger partial charge in [-0.15, -0.1) is 0 Å². The average molecular weight is 403 g/mol. The van der Waals surface area contributed by atoms with E-state index in [0.29, 0.717) is 11.9 Å². The zero-order chi connectivity index (χ0) is 20.5. The van der Waals surface area contributed by atoms with Crippen molar-refractivity contribution in [3.05, 3.63) is 55.2 Å². The van der Waals surface area contributed by atoms with Gasteiger partial charge in [-0.2, -0.15) is 5.10 Å². The molecule has 4 aromatic rings. The first-order valence-corrected chi connectivity index (χ1v) is 10.5. The van der Waals surface area contributed by atoms with Crippen molar-refractivity contribution >= 4 is 10.9 Å². The van der Waals surface area contributed by atoms with Crippen molar-refractivity contribution in [3.63, 3.8) is 0 Å². The van der Waals surface area contributed by atoms with Crippen LogP contribution in [0.4, 0.5) is 0 Å². The molecule has 0 saturated carbocycles. The van der Waals surface area contributed by atoms with Crippen LogP contribution >= 0.6 is 0 Å².